The van der Waals surface area contributed by atoms with Gasteiger partial charge in [-0.3, -0.25) is 4.79 Å². The summed E-state index contributed by atoms with van der Waals surface area (Å²) < 4.78 is 5.37. The van der Waals surface area contributed by atoms with Crippen LogP contribution >= 0.6 is 0 Å². The van der Waals surface area contributed by atoms with Crippen LogP contribution in [-0.2, 0) is 11.2 Å². The average Bonchev–Trinajstić information content (AvgIpc) is 3.13. The number of benzene rings is 1. The van der Waals surface area contributed by atoms with E-state index in [0.717, 1.165) is 24.2 Å². The minimum Gasteiger partial charge on any atom is -0.496 e. The lowest BCUT2D eigenvalue weighted by Crippen LogP contribution is -2.46. The molecular weight excluding hydrogens is 276 g/mol. The molecule has 4 nitrogen and oxygen atoms in total. The van der Waals surface area contributed by atoms with Gasteiger partial charge in [-0.1, -0.05) is 18.2 Å². The lowest BCUT2D eigenvalue weighted by molar-refractivity contribution is -0.136. The van der Waals surface area contributed by atoms with Gasteiger partial charge in [0.05, 0.1) is 13.0 Å². The highest BCUT2D eigenvalue weighted by molar-refractivity contribution is 5.80. The van der Waals surface area contributed by atoms with Gasteiger partial charge in [-0.25, -0.2) is 0 Å². The quantitative estimate of drug-likeness (QED) is 0.906. The molecule has 0 heterocycles. The number of likely N-dealkylation sites (N-methyl/N-ethyl adjacent to an activating group) is 1. The molecule has 4 atom stereocenters. The molecule has 120 valence electrons. The molecule has 2 N–H and O–H groups in total. The van der Waals surface area contributed by atoms with Crippen LogP contribution in [0.3, 0.4) is 0 Å². The van der Waals surface area contributed by atoms with Crippen LogP contribution in [0.5, 0.6) is 5.75 Å². The molecule has 4 heteroatoms. The fourth-order valence-corrected chi connectivity index (χ4v) is 4.26. The van der Waals surface area contributed by atoms with Crippen LogP contribution < -0.4 is 10.5 Å². The van der Waals surface area contributed by atoms with E-state index in [4.69, 9.17) is 10.5 Å². The van der Waals surface area contributed by atoms with Gasteiger partial charge in [0.2, 0.25) is 5.91 Å². The molecule has 0 saturated heterocycles. The van der Waals surface area contributed by atoms with E-state index in [2.05, 4.69) is 6.07 Å². The molecule has 2 aliphatic rings. The van der Waals surface area contributed by atoms with Crippen LogP contribution in [0.25, 0.3) is 0 Å². The average molecular weight is 302 g/mol. The van der Waals surface area contributed by atoms with Gasteiger partial charge in [-0.05, 0) is 49.1 Å². The molecule has 1 amide bonds. The topological polar surface area (TPSA) is 55.6 Å². The minimum absolute atomic E-state index is 0.0430. The zero-order valence-corrected chi connectivity index (χ0v) is 13.5. The molecule has 0 radical (unpaired) electrons. The van der Waals surface area contributed by atoms with E-state index in [-0.39, 0.29) is 17.9 Å². The van der Waals surface area contributed by atoms with Crippen molar-refractivity contribution >= 4 is 5.91 Å². The molecule has 3 rings (SSSR count). The molecule has 0 spiro atoms. The number of carbonyl (C=O) groups is 1. The summed E-state index contributed by atoms with van der Waals surface area (Å²) in [6, 6.07) is 8.06. The Morgan fingerprint density at radius 2 is 2.05 bits per heavy atom. The number of carbonyl (C=O) groups excluding carboxylic acids is 1. The maximum Gasteiger partial charge on any atom is 0.227 e. The van der Waals surface area contributed by atoms with Gasteiger partial charge in [0, 0.05) is 19.6 Å². The summed E-state index contributed by atoms with van der Waals surface area (Å²) in [6.45, 7) is 0.708. The molecular formula is C18H26N2O2. The van der Waals surface area contributed by atoms with Crippen molar-refractivity contribution in [3.05, 3.63) is 29.8 Å². The number of hydrogen-bond donors (Lipinski definition) is 1. The summed E-state index contributed by atoms with van der Waals surface area (Å²) in [4.78, 5) is 14.6. The lowest BCUT2D eigenvalue weighted by atomic mass is 9.84. The molecule has 2 bridgehead atoms. The SMILES string of the molecule is COc1ccccc1CCN(C)C(=O)C1C2CCC(C2)C1N. The van der Waals surface area contributed by atoms with Crippen LogP contribution in [0.4, 0.5) is 0 Å². The lowest BCUT2D eigenvalue weighted by Gasteiger charge is -2.31. The van der Waals surface area contributed by atoms with Crippen molar-refractivity contribution in [1.82, 2.24) is 4.90 Å². The molecule has 0 aliphatic heterocycles. The Balaban J connectivity index is 1.60. The second-order valence-corrected chi connectivity index (χ2v) is 6.76. The highest BCUT2D eigenvalue weighted by Gasteiger charge is 2.49. The first-order valence-electron chi connectivity index (χ1n) is 8.24. The van der Waals surface area contributed by atoms with Crippen molar-refractivity contribution < 1.29 is 9.53 Å². The van der Waals surface area contributed by atoms with Crippen LogP contribution in [-0.4, -0.2) is 37.6 Å². The monoisotopic (exact) mass is 302 g/mol. The number of methoxy groups -OCH3 is 1. The van der Waals surface area contributed by atoms with Crippen molar-refractivity contribution in [2.75, 3.05) is 20.7 Å². The maximum atomic E-state index is 12.7. The van der Waals surface area contributed by atoms with E-state index < -0.39 is 0 Å². The fraction of sp³-hybridized carbons (Fsp3) is 0.611. The zero-order chi connectivity index (χ0) is 15.7. The van der Waals surface area contributed by atoms with Gasteiger partial charge >= 0.3 is 0 Å². The third kappa shape index (κ3) is 2.72. The number of nitrogens with two attached hydrogens (primary N) is 1. The standard InChI is InChI=1S/C18H26N2O2/c1-20(10-9-12-5-3-4-6-15(12)22-2)18(21)16-13-7-8-14(11-13)17(16)19/h3-6,13-14,16-17H,7-11,19H2,1-2H3. The second kappa shape index (κ2) is 6.29. The van der Waals surface area contributed by atoms with Crippen molar-refractivity contribution in [2.24, 2.45) is 23.5 Å². The Labute approximate surface area is 132 Å². The number of fused-ring (bicyclic) bond motifs is 2. The second-order valence-electron chi connectivity index (χ2n) is 6.76. The summed E-state index contributed by atoms with van der Waals surface area (Å²) >= 11 is 0. The molecule has 1 aromatic carbocycles. The predicted octanol–water partition coefficient (Wildman–Crippen LogP) is 2.07. The van der Waals surface area contributed by atoms with E-state index in [1.807, 2.05) is 30.1 Å². The van der Waals surface area contributed by atoms with Gasteiger partial charge < -0.3 is 15.4 Å². The molecule has 22 heavy (non-hydrogen) atoms. The van der Waals surface area contributed by atoms with E-state index in [9.17, 15) is 4.79 Å². The molecule has 2 fully saturated rings. The summed E-state index contributed by atoms with van der Waals surface area (Å²) in [5.74, 6) is 2.25. The van der Waals surface area contributed by atoms with Gasteiger partial charge in [-0.15, -0.1) is 0 Å². The summed E-state index contributed by atoms with van der Waals surface area (Å²) in [5.41, 5.74) is 7.43. The van der Waals surface area contributed by atoms with E-state index in [1.165, 1.54) is 12.8 Å². The Hall–Kier alpha value is -1.55. The third-order valence-electron chi connectivity index (χ3n) is 5.55. The summed E-state index contributed by atoms with van der Waals surface area (Å²) in [7, 11) is 3.58. The molecule has 2 aliphatic carbocycles. The number of rotatable bonds is 5. The molecule has 4 unspecified atom stereocenters. The Morgan fingerprint density at radius 1 is 1.32 bits per heavy atom. The Morgan fingerprint density at radius 3 is 2.73 bits per heavy atom. The van der Waals surface area contributed by atoms with Gasteiger partial charge in [0.1, 0.15) is 5.75 Å². The van der Waals surface area contributed by atoms with Crippen LogP contribution in [0.1, 0.15) is 24.8 Å². The highest BCUT2D eigenvalue weighted by atomic mass is 16.5. The van der Waals surface area contributed by atoms with Crippen molar-refractivity contribution in [3.8, 4) is 5.75 Å². The predicted molar refractivity (Wildman–Crippen MR) is 86.6 cm³/mol. The largest absolute Gasteiger partial charge is 0.496 e. The number of nitrogens with zero attached hydrogens (tertiary/aromatic N) is 1. The first-order chi connectivity index (χ1) is 10.6. The van der Waals surface area contributed by atoms with Gasteiger partial charge in [0.15, 0.2) is 0 Å². The molecule has 1 aromatic rings. The first kappa shape index (κ1) is 15.3. The number of hydrogen-bond acceptors (Lipinski definition) is 3. The van der Waals surface area contributed by atoms with Crippen LogP contribution in [0, 0.1) is 17.8 Å². The Bertz CT molecular complexity index is 544. The van der Waals surface area contributed by atoms with Crippen molar-refractivity contribution in [2.45, 2.75) is 31.7 Å². The molecule has 2 saturated carbocycles. The van der Waals surface area contributed by atoms with E-state index >= 15 is 0 Å². The number of para-hydroxylation sites is 1. The van der Waals surface area contributed by atoms with Crippen molar-refractivity contribution in [1.29, 1.82) is 0 Å². The maximum absolute atomic E-state index is 12.7. The zero-order valence-electron chi connectivity index (χ0n) is 13.5. The number of ether oxygens (including phenoxy) is 1. The smallest absolute Gasteiger partial charge is 0.227 e. The van der Waals surface area contributed by atoms with Gasteiger partial charge in [0.25, 0.3) is 0 Å². The fourth-order valence-electron chi connectivity index (χ4n) is 4.26. The van der Waals surface area contributed by atoms with Crippen LogP contribution in [0.2, 0.25) is 0 Å². The van der Waals surface area contributed by atoms with Gasteiger partial charge in [-0.2, -0.15) is 0 Å². The molecule has 0 aromatic heterocycles. The Kier molecular flexibility index (Phi) is 4.39. The van der Waals surface area contributed by atoms with E-state index in [0.29, 0.717) is 18.4 Å². The van der Waals surface area contributed by atoms with E-state index in [1.54, 1.807) is 7.11 Å². The minimum atomic E-state index is 0.0430. The normalized spacial score (nSPS) is 29.6. The first-order valence-corrected chi connectivity index (χ1v) is 8.24. The summed E-state index contributed by atoms with van der Waals surface area (Å²) in [5, 5.41) is 0. The van der Waals surface area contributed by atoms with Crippen LogP contribution in [0.15, 0.2) is 24.3 Å². The number of amides is 1. The highest BCUT2D eigenvalue weighted by Crippen LogP contribution is 2.48. The van der Waals surface area contributed by atoms with Crippen molar-refractivity contribution in [3.63, 3.8) is 0 Å². The third-order valence-corrected chi connectivity index (χ3v) is 5.55. The summed E-state index contributed by atoms with van der Waals surface area (Å²) in [6.07, 6.45) is 4.34.